The minimum Gasteiger partial charge on any atom is -0.493 e. The molecular formula is C19H27BrN4O2. The summed E-state index contributed by atoms with van der Waals surface area (Å²) in [7, 11) is 7.36. The largest absolute Gasteiger partial charge is 0.493 e. The summed E-state index contributed by atoms with van der Waals surface area (Å²) in [4.78, 5) is 6.88. The van der Waals surface area contributed by atoms with Crippen LogP contribution in [0, 0.1) is 0 Å². The number of ether oxygens (including phenoxy) is 2. The molecule has 0 unspecified atom stereocenters. The van der Waals surface area contributed by atoms with Crippen LogP contribution in [0.1, 0.15) is 18.2 Å². The van der Waals surface area contributed by atoms with Gasteiger partial charge in [-0.2, -0.15) is 0 Å². The number of guanidine groups is 1. The maximum Gasteiger partial charge on any atom is 0.194 e. The van der Waals surface area contributed by atoms with E-state index in [2.05, 4.69) is 49.9 Å². The van der Waals surface area contributed by atoms with Crippen molar-refractivity contribution in [1.82, 2.24) is 14.8 Å². The maximum atomic E-state index is 5.37. The topological polar surface area (TPSA) is 51.0 Å². The molecule has 0 aliphatic rings. The first kappa shape index (κ1) is 20.2. The molecule has 0 spiro atoms. The number of aliphatic imine (C=N–C) groups is 1. The summed E-state index contributed by atoms with van der Waals surface area (Å²) in [5.74, 6) is 2.30. The lowest BCUT2D eigenvalue weighted by molar-refractivity contribution is 0.354. The van der Waals surface area contributed by atoms with Crippen LogP contribution in [0.2, 0.25) is 0 Å². The Labute approximate surface area is 163 Å². The van der Waals surface area contributed by atoms with Crippen LogP contribution in [0.4, 0.5) is 0 Å². The van der Waals surface area contributed by atoms with E-state index in [0.29, 0.717) is 12.3 Å². The Morgan fingerprint density at radius 1 is 1.23 bits per heavy atom. The van der Waals surface area contributed by atoms with E-state index in [-0.39, 0.29) is 0 Å². The molecule has 0 atom stereocenters. The van der Waals surface area contributed by atoms with Gasteiger partial charge >= 0.3 is 0 Å². The van der Waals surface area contributed by atoms with Crippen molar-refractivity contribution in [3.8, 4) is 11.5 Å². The number of benzene rings is 1. The molecule has 1 heterocycles. The van der Waals surface area contributed by atoms with Crippen LogP contribution in [0.5, 0.6) is 11.5 Å². The predicted molar refractivity (Wildman–Crippen MR) is 109 cm³/mol. The zero-order valence-corrected chi connectivity index (χ0v) is 17.6. The summed E-state index contributed by atoms with van der Waals surface area (Å²) >= 11 is 3.52. The van der Waals surface area contributed by atoms with Gasteiger partial charge in [0.2, 0.25) is 0 Å². The van der Waals surface area contributed by atoms with Crippen LogP contribution >= 0.6 is 15.9 Å². The van der Waals surface area contributed by atoms with Crippen molar-refractivity contribution >= 4 is 21.9 Å². The molecule has 2 aromatic rings. The number of hydrogen-bond donors (Lipinski definition) is 1. The number of methoxy groups -OCH3 is 2. The Kier molecular flexibility index (Phi) is 7.38. The normalized spacial score (nSPS) is 11.4. The molecule has 2 rings (SSSR count). The van der Waals surface area contributed by atoms with Crippen molar-refractivity contribution in [2.24, 2.45) is 12.0 Å². The van der Waals surface area contributed by atoms with Gasteiger partial charge in [-0.15, -0.1) is 0 Å². The van der Waals surface area contributed by atoms with E-state index >= 15 is 0 Å². The second kappa shape index (κ2) is 9.52. The average Bonchev–Trinajstić information content (AvgIpc) is 2.95. The molecule has 1 aromatic heterocycles. The number of aromatic nitrogens is 1. The highest BCUT2D eigenvalue weighted by Crippen LogP contribution is 2.27. The third-order valence-electron chi connectivity index (χ3n) is 4.03. The minimum absolute atomic E-state index is 0.559. The number of hydrogen-bond acceptors (Lipinski definition) is 3. The molecule has 0 saturated carbocycles. The fourth-order valence-electron chi connectivity index (χ4n) is 2.66. The average molecular weight is 423 g/mol. The van der Waals surface area contributed by atoms with Crippen LogP contribution in [-0.4, -0.2) is 43.2 Å². The van der Waals surface area contributed by atoms with Crippen molar-refractivity contribution in [1.29, 1.82) is 0 Å². The van der Waals surface area contributed by atoms with Crippen molar-refractivity contribution in [3.05, 3.63) is 46.2 Å². The van der Waals surface area contributed by atoms with E-state index in [1.807, 2.05) is 32.3 Å². The quantitative estimate of drug-likeness (QED) is 0.548. The first-order valence-corrected chi connectivity index (χ1v) is 9.28. The zero-order chi connectivity index (χ0) is 19.1. The van der Waals surface area contributed by atoms with Gasteiger partial charge in [0.15, 0.2) is 17.5 Å². The Balaban J connectivity index is 2.13. The van der Waals surface area contributed by atoms with Crippen molar-refractivity contribution in [2.75, 3.05) is 27.8 Å². The Bertz CT molecular complexity index is 758. The standard InChI is InChI=1S/C19H27BrN4O2/c1-6-21-19(24(3)13-16-10-15(20)12-23(16)2)22-11-14-7-8-17(25-4)18(9-14)26-5/h7-10,12H,6,11,13H2,1-5H3,(H,21,22). The van der Waals surface area contributed by atoms with Crippen LogP contribution in [0.3, 0.4) is 0 Å². The van der Waals surface area contributed by atoms with Crippen molar-refractivity contribution in [2.45, 2.75) is 20.0 Å². The predicted octanol–water partition coefficient (Wildman–Crippen LogP) is 3.40. The molecule has 0 fully saturated rings. The van der Waals surface area contributed by atoms with E-state index in [1.165, 1.54) is 5.69 Å². The van der Waals surface area contributed by atoms with Gasteiger partial charge in [0.1, 0.15) is 0 Å². The number of halogens is 1. The zero-order valence-electron chi connectivity index (χ0n) is 16.0. The van der Waals surface area contributed by atoms with Crippen LogP contribution < -0.4 is 14.8 Å². The van der Waals surface area contributed by atoms with Crippen LogP contribution in [-0.2, 0) is 20.1 Å². The summed E-state index contributed by atoms with van der Waals surface area (Å²) in [5.41, 5.74) is 2.27. The molecule has 0 bridgehead atoms. The molecule has 26 heavy (non-hydrogen) atoms. The molecule has 0 saturated heterocycles. The van der Waals surface area contributed by atoms with E-state index in [4.69, 9.17) is 14.5 Å². The highest BCUT2D eigenvalue weighted by molar-refractivity contribution is 9.10. The van der Waals surface area contributed by atoms with Crippen molar-refractivity contribution in [3.63, 3.8) is 0 Å². The summed E-state index contributed by atoms with van der Waals surface area (Å²) in [6.07, 6.45) is 2.05. The molecule has 0 radical (unpaired) electrons. The van der Waals surface area contributed by atoms with Gasteiger partial charge in [-0.25, -0.2) is 4.99 Å². The molecule has 142 valence electrons. The number of nitrogens with one attached hydrogen (secondary N) is 1. The lowest BCUT2D eigenvalue weighted by atomic mass is 10.2. The van der Waals surface area contributed by atoms with Gasteiger partial charge in [0, 0.05) is 37.0 Å². The highest BCUT2D eigenvalue weighted by Gasteiger charge is 2.10. The van der Waals surface area contributed by atoms with Crippen LogP contribution in [0.25, 0.3) is 0 Å². The fraction of sp³-hybridized carbons (Fsp3) is 0.421. The monoisotopic (exact) mass is 422 g/mol. The molecule has 0 amide bonds. The fourth-order valence-corrected chi connectivity index (χ4v) is 3.23. The summed E-state index contributed by atoms with van der Waals surface area (Å²) in [6.45, 7) is 4.20. The molecule has 0 aliphatic heterocycles. The van der Waals surface area contributed by atoms with E-state index in [0.717, 1.165) is 34.8 Å². The number of aryl methyl sites for hydroxylation is 1. The van der Waals surface area contributed by atoms with E-state index in [9.17, 15) is 0 Å². The van der Waals surface area contributed by atoms with Gasteiger partial charge in [-0.1, -0.05) is 6.07 Å². The number of nitrogens with zero attached hydrogens (tertiary/aromatic N) is 3. The van der Waals surface area contributed by atoms with Gasteiger partial charge in [-0.05, 0) is 46.6 Å². The smallest absolute Gasteiger partial charge is 0.194 e. The lowest BCUT2D eigenvalue weighted by Crippen LogP contribution is -2.38. The molecule has 7 heteroatoms. The first-order chi connectivity index (χ1) is 12.5. The van der Waals surface area contributed by atoms with Gasteiger partial charge in [0.05, 0.1) is 27.3 Å². The van der Waals surface area contributed by atoms with E-state index < -0.39 is 0 Å². The second-order valence-electron chi connectivity index (χ2n) is 5.98. The Morgan fingerprint density at radius 2 is 1.96 bits per heavy atom. The van der Waals surface area contributed by atoms with Crippen molar-refractivity contribution < 1.29 is 9.47 Å². The summed E-state index contributed by atoms with van der Waals surface area (Å²) in [6, 6.07) is 7.99. The summed E-state index contributed by atoms with van der Waals surface area (Å²) in [5, 5.41) is 3.35. The molecule has 6 nitrogen and oxygen atoms in total. The Morgan fingerprint density at radius 3 is 2.54 bits per heavy atom. The minimum atomic E-state index is 0.559. The first-order valence-electron chi connectivity index (χ1n) is 8.49. The van der Waals surface area contributed by atoms with Gasteiger partial charge < -0.3 is 24.3 Å². The maximum absolute atomic E-state index is 5.37. The third-order valence-corrected chi connectivity index (χ3v) is 4.46. The van der Waals surface area contributed by atoms with Gasteiger partial charge in [-0.3, -0.25) is 0 Å². The summed E-state index contributed by atoms with van der Waals surface area (Å²) < 4.78 is 13.8. The van der Waals surface area contributed by atoms with Crippen LogP contribution in [0.15, 0.2) is 39.9 Å². The highest BCUT2D eigenvalue weighted by atomic mass is 79.9. The lowest BCUT2D eigenvalue weighted by Gasteiger charge is -2.22. The van der Waals surface area contributed by atoms with Gasteiger partial charge in [0.25, 0.3) is 0 Å². The Hall–Kier alpha value is -2.15. The molecule has 0 aliphatic carbocycles. The second-order valence-corrected chi connectivity index (χ2v) is 6.89. The molecular weight excluding hydrogens is 396 g/mol. The molecule has 1 aromatic carbocycles. The third kappa shape index (κ3) is 5.17. The van der Waals surface area contributed by atoms with E-state index in [1.54, 1.807) is 14.2 Å². The number of rotatable bonds is 7. The molecule has 1 N–H and O–H groups in total. The SMILES string of the molecule is CCNC(=NCc1ccc(OC)c(OC)c1)N(C)Cc1cc(Br)cn1C.